The smallest absolute Gasteiger partial charge is 0.0314 e. The molecule has 0 aliphatic heterocycles. The second-order valence-corrected chi connectivity index (χ2v) is 6.65. The Morgan fingerprint density at radius 2 is 0.885 bits per heavy atom. The summed E-state index contributed by atoms with van der Waals surface area (Å²) in [5, 5.41) is 0. The highest BCUT2D eigenvalue weighted by Gasteiger charge is 2.07. The number of hydrogen-bond donors (Lipinski definition) is 1. The van der Waals surface area contributed by atoms with Gasteiger partial charge in [0.15, 0.2) is 0 Å². The quantitative estimate of drug-likeness (QED) is 0.421. The lowest BCUT2D eigenvalue weighted by molar-refractivity contribution is 1.47. The summed E-state index contributed by atoms with van der Waals surface area (Å²) >= 11 is 0. The van der Waals surface area contributed by atoms with Crippen molar-refractivity contribution in [2.75, 3.05) is 5.73 Å². The molecule has 4 rings (SSSR count). The topological polar surface area (TPSA) is 26.0 Å². The first-order chi connectivity index (χ1) is 12.7. The van der Waals surface area contributed by atoms with Gasteiger partial charge in [0, 0.05) is 5.69 Å². The van der Waals surface area contributed by atoms with Crippen LogP contribution in [0.1, 0.15) is 5.56 Å². The van der Waals surface area contributed by atoms with Gasteiger partial charge in [0.05, 0.1) is 0 Å². The zero-order valence-electron chi connectivity index (χ0n) is 14.8. The van der Waals surface area contributed by atoms with Crippen molar-refractivity contribution in [3.8, 4) is 33.4 Å². The molecule has 0 aliphatic carbocycles. The van der Waals surface area contributed by atoms with Crippen LogP contribution >= 0.6 is 0 Å². The van der Waals surface area contributed by atoms with Crippen molar-refractivity contribution in [2.24, 2.45) is 0 Å². The summed E-state index contributed by atoms with van der Waals surface area (Å²) in [7, 11) is 0. The van der Waals surface area contributed by atoms with Crippen molar-refractivity contribution in [3.05, 3.63) is 103 Å². The lowest BCUT2D eigenvalue weighted by Gasteiger charge is -2.12. The molecule has 4 aromatic rings. The summed E-state index contributed by atoms with van der Waals surface area (Å²) in [6.07, 6.45) is 0. The molecule has 0 bridgehead atoms. The van der Waals surface area contributed by atoms with E-state index in [1.165, 1.54) is 38.9 Å². The minimum atomic E-state index is 0.784. The monoisotopic (exact) mass is 335 g/mol. The molecule has 0 saturated heterocycles. The maximum Gasteiger partial charge on any atom is 0.0314 e. The number of aryl methyl sites for hydroxylation is 1. The zero-order valence-corrected chi connectivity index (χ0v) is 14.8. The highest BCUT2D eigenvalue weighted by Crippen LogP contribution is 2.33. The van der Waals surface area contributed by atoms with Crippen LogP contribution in [0.5, 0.6) is 0 Å². The van der Waals surface area contributed by atoms with E-state index in [0.717, 1.165) is 5.69 Å². The maximum atomic E-state index is 5.86. The Kier molecular flexibility index (Phi) is 4.28. The molecule has 0 spiro atoms. The number of nitrogens with two attached hydrogens (primary N) is 1. The fraction of sp³-hybridized carbons (Fsp3) is 0.0400. The van der Waals surface area contributed by atoms with Gasteiger partial charge in [-0.05, 0) is 70.6 Å². The van der Waals surface area contributed by atoms with Gasteiger partial charge in [-0.25, -0.2) is 0 Å². The average Bonchev–Trinajstić information content (AvgIpc) is 2.69. The second kappa shape index (κ2) is 6.89. The first-order valence-electron chi connectivity index (χ1n) is 8.82. The number of benzene rings is 4. The molecule has 1 heteroatoms. The molecule has 0 saturated carbocycles. The summed E-state index contributed by atoms with van der Waals surface area (Å²) in [4.78, 5) is 0. The molecule has 0 radical (unpaired) electrons. The van der Waals surface area contributed by atoms with E-state index in [-0.39, 0.29) is 0 Å². The van der Waals surface area contributed by atoms with Crippen molar-refractivity contribution < 1.29 is 0 Å². The average molecular weight is 335 g/mol. The van der Waals surface area contributed by atoms with Crippen molar-refractivity contribution in [2.45, 2.75) is 6.92 Å². The molecule has 1 nitrogen and oxygen atoms in total. The number of hydrogen-bond acceptors (Lipinski definition) is 1. The zero-order chi connectivity index (χ0) is 17.9. The minimum Gasteiger partial charge on any atom is -0.399 e. The second-order valence-electron chi connectivity index (χ2n) is 6.65. The van der Waals surface area contributed by atoms with E-state index in [4.69, 9.17) is 5.73 Å². The van der Waals surface area contributed by atoms with Crippen LogP contribution in [0.25, 0.3) is 33.4 Å². The third-order valence-electron chi connectivity index (χ3n) is 4.67. The van der Waals surface area contributed by atoms with Crippen LogP contribution in [-0.4, -0.2) is 0 Å². The van der Waals surface area contributed by atoms with Crippen LogP contribution in [0.15, 0.2) is 97.1 Å². The van der Waals surface area contributed by atoms with Gasteiger partial charge in [0.25, 0.3) is 0 Å². The van der Waals surface area contributed by atoms with Gasteiger partial charge in [-0.1, -0.05) is 72.3 Å². The van der Waals surface area contributed by atoms with Crippen LogP contribution in [0.4, 0.5) is 5.69 Å². The van der Waals surface area contributed by atoms with E-state index in [1.807, 2.05) is 18.2 Å². The van der Waals surface area contributed by atoms with E-state index in [0.29, 0.717) is 0 Å². The van der Waals surface area contributed by atoms with Gasteiger partial charge in [0.2, 0.25) is 0 Å². The maximum absolute atomic E-state index is 5.86. The van der Waals surface area contributed by atoms with Gasteiger partial charge < -0.3 is 5.73 Å². The first kappa shape index (κ1) is 16.2. The molecule has 4 aromatic carbocycles. The number of anilines is 1. The molecule has 0 amide bonds. The standard InChI is InChI=1S/C25H21N/c1-18-7-9-20(10-8-18)23-15-22(19-5-3-2-4-6-19)16-24(17-23)21-11-13-25(26)14-12-21/h2-17H,26H2,1H3. The van der Waals surface area contributed by atoms with Crippen molar-refractivity contribution in [1.29, 1.82) is 0 Å². The van der Waals surface area contributed by atoms with Crippen molar-refractivity contribution in [3.63, 3.8) is 0 Å². The normalized spacial score (nSPS) is 10.7. The summed E-state index contributed by atoms with van der Waals surface area (Å²) in [6.45, 7) is 2.12. The Balaban J connectivity index is 1.89. The highest BCUT2D eigenvalue weighted by molar-refractivity contribution is 5.81. The molecule has 0 fully saturated rings. The number of nitrogen functional groups attached to an aromatic ring is 1. The summed E-state index contributed by atoms with van der Waals surface area (Å²) in [6, 6.07) is 34.0. The Labute approximate surface area is 154 Å². The molecule has 26 heavy (non-hydrogen) atoms. The van der Waals surface area contributed by atoms with Crippen LogP contribution < -0.4 is 5.73 Å². The molecule has 2 N–H and O–H groups in total. The minimum absolute atomic E-state index is 0.784. The fourth-order valence-corrected chi connectivity index (χ4v) is 3.18. The molecule has 0 heterocycles. The largest absolute Gasteiger partial charge is 0.399 e. The molecular formula is C25H21N. The van der Waals surface area contributed by atoms with Crippen LogP contribution in [0.3, 0.4) is 0 Å². The molecule has 0 aliphatic rings. The Morgan fingerprint density at radius 3 is 1.38 bits per heavy atom. The summed E-state index contributed by atoms with van der Waals surface area (Å²) in [5.74, 6) is 0. The SMILES string of the molecule is Cc1ccc(-c2cc(-c3ccccc3)cc(-c3ccc(N)cc3)c2)cc1. The fourth-order valence-electron chi connectivity index (χ4n) is 3.18. The third-order valence-corrected chi connectivity index (χ3v) is 4.67. The Morgan fingerprint density at radius 1 is 0.462 bits per heavy atom. The summed E-state index contributed by atoms with van der Waals surface area (Å²) < 4.78 is 0. The van der Waals surface area contributed by atoms with Gasteiger partial charge in [-0.3, -0.25) is 0 Å². The molecular weight excluding hydrogens is 314 g/mol. The van der Waals surface area contributed by atoms with E-state index in [9.17, 15) is 0 Å². The first-order valence-corrected chi connectivity index (χ1v) is 8.82. The summed E-state index contributed by atoms with van der Waals surface area (Å²) in [5.41, 5.74) is 15.2. The molecule has 0 unspecified atom stereocenters. The van der Waals surface area contributed by atoms with Gasteiger partial charge in [-0.15, -0.1) is 0 Å². The van der Waals surface area contributed by atoms with E-state index in [2.05, 4.69) is 85.8 Å². The van der Waals surface area contributed by atoms with Gasteiger partial charge >= 0.3 is 0 Å². The predicted molar refractivity (Wildman–Crippen MR) is 112 cm³/mol. The molecule has 0 atom stereocenters. The Bertz CT molecular complexity index is 950. The van der Waals surface area contributed by atoms with Crippen LogP contribution in [0, 0.1) is 6.92 Å². The molecule has 126 valence electrons. The lowest BCUT2D eigenvalue weighted by Crippen LogP contribution is -1.87. The highest BCUT2D eigenvalue weighted by atomic mass is 14.5. The van der Waals surface area contributed by atoms with Crippen LogP contribution in [-0.2, 0) is 0 Å². The van der Waals surface area contributed by atoms with Crippen molar-refractivity contribution in [1.82, 2.24) is 0 Å². The van der Waals surface area contributed by atoms with E-state index < -0.39 is 0 Å². The van der Waals surface area contributed by atoms with Crippen molar-refractivity contribution >= 4 is 5.69 Å². The van der Waals surface area contributed by atoms with E-state index >= 15 is 0 Å². The third kappa shape index (κ3) is 3.38. The van der Waals surface area contributed by atoms with Gasteiger partial charge in [-0.2, -0.15) is 0 Å². The van der Waals surface area contributed by atoms with Gasteiger partial charge in [0.1, 0.15) is 0 Å². The Hall–Kier alpha value is -3.32. The van der Waals surface area contributed by atoms with Crippen LogP contribution in [0.2, 0.25) is 0 Å². The number of rotatable bonds is 3. The molecule has 0 aromatic heterocycles. The lowest BCUT2D eigenvalue weighted by atomic mass is 9.93. The predicted octanol–water partition coefficient (Wildman–Crippen LogP) is 6.58. The van der Waals surface area contributed by atoms with E-state index in [1.54, 1.807) is 0 Å².